The predicted octanol–water partition coefficient (Wildman–Crippen LogP) is 3.15. The van der Waals surface area contributed by atoms with Gasteiger partial charge in [-0.1, -0.05) is 48.5 Å². The maximum Gasteiger partial charge on any atom is 0.233 e. The minimum atomic E-state index is 0.0787. The molecule has 0 unspecified atom stereocenters. The Kier molecular flexibility index (Phi) is 6.64. The van der Waals surface area contributed by atoms with E-state index in [9.17, 15) is 4.79 Å². The third-order valence-electron chi connectivity index (χ3n) is 4.05. The lowest BCUT2D eigenvalue weighted by Gasteiger charge is -2.22. The highest BCUT2D eigenvalue weighted by Crippen LogP contribution is 2.17. The molecule has 7 nitrogen and oxygen atoms in total. The highest BCUT2D eigenvalue weighted by atomic mass is 32.2. The number of hydrogen-bond acceptors (Lipinski definition) is 6. The van der Waals surface area contributed by atoms with Crippen LogP contribution in [0.25, 0.3) is 0 Å². The first-order chi connectivity index (χ1) is 13.2. The first-order valence-electron chi connectivity index (χ1n) is 8.90. The van der Waals surface area contributed by atoms with Gasteiger partial charge in [0.25, 0.3) is 0 Å². The fourth-order valence-corrected chi connectivity index (χ4v) is 3.42. The molecule has 3 aromatic rings. The van der Waals surface area contributed by atoms with Crippen molar-refractivity contribution >= 4 is 17.7 Å². The lowest BCUT2D eigenvalue weighted by atomic mass is 10.1. The van der Waals surface area contributed by atoms with Crippen molar-refractivity contribution in [2.45, 2.75) is 38.5 Å². The Morgan fingerprint density at radius 3 is 2.78 bits per heavy atom. The van der Waals surface area contributed by atoms with Crippen LogP contribution < -0.4 is 0 Å². The summed E-state index contributed by atoms with van der Waals surface area (Å²) in [5.74, 6) is 1.14. The molecular formula is C19H23N5O2S. The van der Waals surface area contributed by atoms with Crippen LogP contribution in [0.4, 0.5) is 0 Å². The number of carbonyl (C=O) groups excluding carboxylic acids is 1. The Labute approximate surface area is 162 Å². The SMILES string of the molecule is CCCN(Cc1ccc(C)cc1)C(=O)CSc1nnnn1Cc1ccco1. The molecule has 0 aliphatic rings. The van der Waals surface area contributed by atoms with E-state index in [-0.39, 0.29) is 5.91 Å². The summed E-state index contributed by atoms with van der Waals surface area (Å²) in [6.07, 6.45) is 2.53. The second kappa shape index (κ2) is 9.36. The number of furan rings is 1. The third kappa shape index (κ3) is 5.43. The third-order valence-corrected chi connectivity index (χ3v) is 4.99. The first kappa shape index (κ1) is 19.2. The van der Waals surface area contributed by atoms with E-state index >= 15 is 0 Å². The molecule has 0 fully saturated rings. The molecule has 0 saturated heterocycles. The lowest BCUT2D eigenvalue weighted by Crippen LogP contribution is -2.32. The van der Waals surface area contributed by atoms with Gasteiger partial charge in [0, 0.05) is 13.1 Å². The van der Waals surface area contributed by atoms with E-state index in [4.69, 9.17) is 4.42 Å². The van der Waals surface area contributed by atoms with E-state index in [0.29, 0.717) is 24.0 Å². The molecule has 2 aromatic heterocycles. The second-order valence-electron chi connectivity index (χ2n) is 6.29. The molecular weight excluding hydrogens is 362 g/mol. The molecule has 2 heterocycles. The summed E-state index contributed by atoms with van der Waals surface area (Å²) in [6.45, 7) is 5.92. The summed E-state index contributed by atoms with van der Waals surface area (Å²) in [7, 11) is 0. The van der Waals surface area contributed by atoms with E-state index in [1.165, 1.54) is 17.3 Å². The van der Waals surface area contributed by atoms with Crippen LogP contribution in [0, 0.1) is 6.92 Å². The Morgan fingerprint density at radius 1 is 1.26 bits per heavy atom. The van der Waals surface area contributed by atoms with Crippen molar-refractivity contribution in [1.29, 1.82) is 0 Å². The number of carbonyl (C=O) groups is 1. The number of benzene rings is 1. The number of thioether (sulfide) groups is 1. The zero-order valence-electron chi connectivity index (χ0n) is 15.5. The topological polar surface area (TPSA) is 77.1 Å². The van der Waals surface area contributed by atoms with Gasteiger partial charge in [0.05, 0.1) is 12.0 Å². The number of rotatable bonds is 9. The monoisotopic (exact) mass is 385 g/mol. The lowest BCUT2D eigenvalue weighted by molar-refractivity contribution is -0.129. The van der Waals surface area contributed by atoms with Crippen molar-refractivity contribution in [1.82, 2.24) is 25.1 Å². The largest absolute Gasteiger partial charge is 0.467 e. The first-order valence-corrected chi connectivity index (χ1v) is 9.89. The Hall–Kier alpha value is -2.61. The number of nitrogens with zero attached hydrogens (tertiary/aromatic N) is 5. The number of amides is 1. The molecule has 3 rings (SSSR count). The van der Waals surface area contributed by atoms with E-state index in [1.54, 1.807) is 10.9 Å². The average Bonchev–Trinajstić information content (AvgIpc) is 3.33. The summed E-state index contributed by atoms with van der Waals surface area (Å²) in [5, 5.41) is 12.3. The van der Waals surface area contributed by atoms with E-state index in [0.717, 1.165) is 24.3 Å². The van der Waals surface area contributed by atoms with Crippen LogP contribution in [0.2, 0.25) is 0 Å². The van der Waals surface area contributed by atoms with Crippen LogP contribution in [-0.2, 0) is 17.9 Å². The normalized spacial score (nSPS) is 10.9. The van der Waals surface area contributed by atoms with Crippen molar-refractivity contribution in [2.75, 3.05) is 12.3 Å². The van der Waals surface area contributed by atoms with Gasteiger partial charge < -0.3 is 9.32 Å². The van der Waals surface area contributed by atoms with Crippen molar-refractivity contribution < 1.29 is 9.21 Å². The maximum absolute atomic E-state index is 12.7. The molecule has 0 N–H and O–H groups in total. The van der Waals surface area contributed by atoms with E-state index < -0.39 is 0 Å². The molecule has 0 bridgehead atoms. The molecule has 27 heavy (non-hydrogen) atoms. The van der Waals surface area contributed by atoms with Crippen molar-refractivity contribution in [3.63, 3.8) is 0 Å². The molecule has 0 aliphatic carbocycles. The Morgan fingerprint density at radius 2 is 2.07 bits per heavy atom. The Balaban J connectivity index is 1.59. The molecule has 1 aromatic carbocycles. The van der Waals surface area contributed by atoms with Gasteiger partial charge >= 0.3 is 0 Å². The van der Waals surface area contributed by atoms with Gasteiger partial charge in [-0.25, -0.2) is 4.68 Å². The molecule has 142 valence electrons. The van der Waals surface area contributed by atoms with Crippen LogP contribution in [-0.4, -0.2) is 43.3 Å². The molecule has 0 atom stereocenters. The van der Waals surface area contributed by atoms with Crippen LogP contribution in [0.15, 0.2) is 52.2 Å². The van der Waals surface area contributed by atoms with Gasteiger partial charge in [-0.2, -0.15) is 0 Å². The fourth-order valence-electron chi connectivity index (χ4n) is 2.64. The number of hydrogen-bond donors (Lipinski definition) is 0. The average molecular weight is 385 g/mol. The van der Waals surface area contributed by atoms with Crippen LogP contribution in [0.3, 0.4) is 0 Å². The Bertz CT molecular complexity index is 845. The van der Waals surface area contributed by atoms with E-state index in [2.05, 4.69) is 53.6 Å². The predicted molar refractivity (Wildman–Crippen MR) is 103 cm³/mol. The molecule has 1 amide bonds. The highest BCUT2D eigenvalue weighted by molar-refractivity contribution is 7.99. The maximum atomic E-state index is 12.7. The zero-order chi connectivity index (χ0) is 19.1. The summed E-state index contributed by atoms with van der Waals surface area (Å²) in [5.41, 5.74) is 2.35. The highest BCUT2D eigenvalue weighted by Gasteiger charge is 2.16. The summed E-state index contributed by atoms with van der Waals surface area (Å²) in [4.78, 5) is 14.6. The van der Waals surface area contributed by atoms with Crippen molar-refractivity contribution in [3.8, 4) is 0 Å². The molecule has 0 radical (unpaired) electrons. The van der Waals surface area contributed by atoms with Crippen LogP contribution in [0.5, 0.6) is 0 Å². The van der Waals surface area contributed by atoms with Crippen LogP contribution >= 0.6 is 11.8 Å². The second-order valence-corrected chi connectivity index (χ2v) is 7.23. The van der Waals surface area contributed by atoms with Gasteiger partial charge in [0.1, 0.15) is 12.3 Å². The standard InChI is InChI=1S/C19H23N5O2S/c1-3-10-23(12-16-8-6-15(2)7-9-16)18(25)14-27-19-20-21-22-24(19)13-17-5-4-11-26-17/h4-9,11H,3,10,12-14H2,1-2H3. The van der Waals surface area contributed by atoms with Gasteiger partial charge in [0.2, 0.25) is 11.1 Å². The minimum Gasteiger partial charge on any atom is -0.467 e. The van der Waals surface area contributed by atoms with Crippen LogP contribution in [0.1, 0.15) is 30.2 Å². The quantitative estimate of drug-likeness (QED) is 0.527. The van der Waals surface area contributed by atoms with Gasteiger partial charge in [-0.3, -0.25) is 4.79 Å². The number of aryl methyl sites for hydroxylation is 1. The molecule has 0 spiro atoms. The zero-order valence-corrected chi connectivity index (χ0v) is 16.4. The summed E-state index contributed by atoms with van der Waals surface area (Å²) < 4.78 is 6.97. The van der Waals surface area contributed by atoms with Gasteiger partial charge in [-0.05, 0) is 41.5 Å². The molecule has 8 heteroatoms. The molecule has 0 aliphatic heterocycles. The number of tetrazole rings is 1. The fraction of sp³-hybridized carbons (Fsp3) is 0.368. The summed E-state index contributed by atoms with van der Waals surface area (Å²) >= 11 is 1.34. The summed E-state index contributed by atoms with van der Waals surface area (Å²) in [6, 6.07) is 12.0. The molecule has 0 saturated carbocycles. The van der Waals surface area contributed by atoms with Crippen molar-refractivity contribution in [2.24, 2.45) is 0 Å². The van der Waals surface area contributed by atoms with E-state index in [1.807, 2.05) is 17.0 Å². The smallest absolute Gasteiger partial charge is 0.233 e. The minimum absolute atomic E-state index is 0.0787. The number of aromatic nitrogens is 4. The van der Waals surface area contributed by atoms with Crippen molar-refractivity contribution in [3.05, 3.63) is 59.5 Å². The van der Waals surface area contributed by atoms with Gasteiger partial charge in [0.15, 0.2) is 0 Å². The van der Waals surface area contributed by atoms with Gasteiger partial charge in [-0.15, -0.1) is 5.10 Å².